The molecule has 0 aromatic heterocycles. The van der Waals surface area contributed by atoms with Crippen LogP contribution in [0, 0.1) is 0 Å². The first-order valence-corrected chi connectivity index (χ1v) is 7.34. The predicted octanol–water partition coefficient (Wildman–Crippen LogP) is 3.09. The minimum Gasteiger partial charge on any atom is -0.496 e. The molecule has 0 aliphatic heterocycles. The second-order valence-electron chi connectivity index (χ2n) is 5.41. The number of rotatable bonds is 7. The maximum absolute atomic E-state index is 9.10. The molecule has 19 heavy (non-hydrogen) atoms. The fraction of sp³-hybridized carbons (Fsp3) is 0.600. The van der Waals surface area contributed by atoms with Gasteiger partial charge in [0.05, 0.1) is 7.11 Å². The summed E-state index contributed by atoms with van der Waals surface area (Å²) in [7, 11) is 3.80. The molecule has 0 radical (unpaired) electrons. The fourth-order valence-corrected chi connectivity index (χ4v) is 2.41. The van der Waals surface area contributed by atoms with Crippen LogP contribution in [0.3, 0.4) is 0 Å². The zero-order valence-electron chi connectivity index (χ0n) is 12.2. The molecule has 4 heteroatoms. The van der Waals surface area contributed by atoms with Gasteiger partial charge in [-0.2, -0.15) is 0 Å². The van der Waals surface area contributed by atoms with Gasteiger partial charge in [0.15, 0.2) is 0 Å². The molecule has 0 bridgehead atoms. The van der Waals surface area contributed by atoms with Gasteiger partial charge in [0.1, 0.15) is 5.75 Å². The Bertz CT molecular complexity index is 407. The van der Waals surface area contributed by atoms with E-state index in [1.54, 1.807) is 7.11 Å². The Kier molecular flexibility index (Phi) is 6.30. The summed E-state index contributed by atoms with van der Waals surface area (Å²) in [6, 6.07) is 6.08. The van der Waals surface area contributed by atoms with Crippen molar-refractivity contribution in [2.45, 2.75) is 32.2 Å². The number of aliphatic hydroxyl groups is 1. The third kappa shape index (κ3) is 4.79. The Morgan fingerprint density at radius 2 is 2.05 bits per heavy atom. The maximum atomic E-state index is 9.10. The van der Waals surface area contributed by atoms with E-state index < -0.39 is 0 Å². The van der Waals surface area contributed by atoms with Crippen molar-refractivity contribution < 1.29 is 9.84 Å². The van der Waals surface area contributed by atoms with Crippen LogP contribution in [0.25, 0.3) is 0 Å². The van der Waals surface area contributed by atoms with Crippen LogP contribution in [0.1, 0.15) is 25.8 Å². The van der Waals surface area contributed by atoms with Gasteiger partial charge < -0.3 is 14.7 Å². The Labute approximate surface area is 124 Å². The van der Waals surface area contributed by atoms with Crippen molar-refractivity contribution in [3.05, 3.63) is 28.2 Å². The number of halogens is 1. The van der Waals surface area contributed by atoms with Crippen molar-refractivity contribution in [2.75, 3.05) is 27.3 Å². The number of ether oxygens (including phenoxy) is 1. The Morgan fingerprint density at radius 1 is 1.37 bits per heavy atom. The third-order valence-electron chi connectivity index (χ3n) is 3.72. The fourth-order valence-electron chi connectivity index (χ4n) is 2.00. The van der Waals surface area contributed by atoms with Gasteiger partial charge >= 0.3 is 0 Å². The largest absolute Gasteiger partial charge is 0.496 e. The first kappa shape index (κ1) is 16.5. The molecule has 0 unspecified atom stereocenters. The molecular formula is C15H24BrNO2. The highest BCUT2D eigenvalue weighted by Gasteiger charge is 2.22. The zero-order valence-corrected chi connectivity index (χ0v) is 13.8. The molecule has 0 aliphatic carbocycles. The highest BCUT2D eigenvalue weighted by molar-refractivity contribution is 9.10. The van der Waals surface area contributed by atoms with Crippen LogP contribution in [0.15, 0.2) is 22.7 Å². The molecule has 0 amide bonds. The zero-order chi connectivity index (χ0) is 14.5. The highest BCUT2D eigenvalue weighted by atomic mass is 79.9. The number of aliphatic hydroxyl groups excluding tert-OH is 1. The number of hydrogen-bond acceptors (Lipinski definition) is 3. The lowest BCUT2D eigenvalue weighted by Crippen LogP contribution is -2.42. The van der Waals surface area contributed by atoms with Gasteiger partial charge in [-0.15, -0.1) is 0 Å². The van der Waals surface area contributed by atoms with Crippen molar-refractivity contribution in [3.8, 4) is 5.75 Å². The minimum atomic E-state index is 0.00793. The second kappa shape index (κ2) is 7.27. The molecule has 0 atom stereocenters. The topological polar surface area (TPSA) is 32.7 Å². The maximum Gasteiger partial charge on any atom is 0.122 e. The van der Waals surface area contributed by atoms with Gasteiger partial charge in [0.2, 0.25) is 0 Å². The van der Waals surface area contributed by atoms with E-state index in [9.17, 15) is 0 Å². The summed E-state index contributed by atoms with van der Waals surface area (Å²) in [4.78, 5) is 2.28. The van der Waals surface area contributed by atoms with Crippen molar-refractivity contribution in [2.24, 2.45) is 0 Å². The van der Waals surface area contributed by atoms with Crippen LogP contribution in [0.4, 0.5) is 0 Å². The molecule has 0 saturated carbocycles. The standard InChI is InChI=1S/C15H24BrNO2/c1-15(2,8-10-18)17(3)9-7-12-11-13(16)5-6-14(12)19-4/h5-6,11,18H,7-10H2,1-4H3. The third-order valence-corrected chi connectivity index (χ3v) is 4.21. The van der Waals surface area contributed by atoms with Gasteiger partial charge in [-0.05, 0) is 57.5 Å². The van der Waals surface area contributed by atoms with Gasteiger partial charge in [-0.3, -0.25) is 0 Å². The Morgan fingerprint density at radius 3 is 2.63 bits per heavy atom. The molecule has 0 spiro atoms. The van der Waals surface area contributed by atoms with Crippen LogP contribution in [0.2, 0.25) is 0 Å². The molecular weight excluding hydrogens is 306 g/mol. The smallest absolute Gasteiger partial charge is 0.122 e. The highest BCUT2D eigenvalue weighted by Crippen LogP contribution is 2.24. The average molecular weight is 330 g/mol. The summed E-state index contributed by atoms with van der Waals surface area (Å²) in [5, 5.41) is 9.10. The van der Waals surface area contributed by atoms with E-state index in [0.29, 0.717) is 0 Å². The molecule has 0 heterocycles. The number of hydrogen-bond donors (Lipinski definition) is 1. The Hall–Kier alpha value is -0.580. The average Bonchev–Trinajstić information content (AvgIpc) is 2.36. The molecule has 1 aromatic rings. The summed E-state index contributed by atoms with van der Waals surface area (Å²) in [6.07, 6.45) is 1.70. The molecule has 0 saturated heterocycles. The normalized spacial score (nSPS) is 11.9. The van der Waals surface area contributed by atoms with E-state index in [0.717, 1.165) is 29.6 Å². The lowest BCUT2D eigenvalue weighted by atomic mass is 9.98. The van der Waals surface area contributed by atoms with Crippen LogP contribution >= 0.6 is 15.9 Å². The molecule has 0 fully saturated rings. The summed E-state index contributed by atoms with van der Waals surface area (Å²) < 4.78 is 6.46. The van der Waals surface area contributed by atoms with E-state index in [2.05, 4.69) is 47.8 Å². The van der Waals surface area contributed by atoms with Gasteiger partial charge in [-0.25, -0.2) is 0 Å². The second-order valence-corrected chi connectivity index (χ2v) is 6.33. The Balaban J connectivity index is 2.68. The van der Waals surface area contributed by atoms with E-state index in [-0.39, 0.29) is 12.1 Å². The quantitative estimate of drug-likeness (QED) is 0.834. The molecule has 1 rings (SSSR count). The van der Waals surface area contributed by atoms with Gasteiger partial charge in [-0.1, -0.05) is 15.9 Å². The molecule has 0 aliphatic rings. The summed E-state index contributed by atoms with van der Waals surface area (Å²) >= 11 is 3.49. The summed E-state index contributed by atoms with van der Waals surface area (Å²) in [6.45, 7) is 5.46. The molecule has 1 aromatic carbocycles. The number of likely N-dealkylation sites (N-methyl/N-ethyl adjacent to an activating group) is 1. The molecule has 108 valence electrons. The van der Waals surface area contributed by atoms with Crippen molar-refractivity contribution in [1.29, 1.82) is 0 Å². The van der Waals surface area contributed by atoms with Crippen LogP contribution in [-0.2, 0) is 6.42 Å². The SMILES string of the molecule is COc1ccc(Br)cc1CCN(C)C(C)(C)CCO. The van der Waals surface area contributed by atoms with Crippen LogP contribution in [-0.4, -0.2) is 42.9 Å². The van der Waals surface area contributed by atoms with Gasteiger partial charge in [0.25, 0.3) is 0 Å². The lowest BCUT2D eigenvalue weighted by Gasteiger charge is -2.35. The number of nitrogens with zero attached hydrogens (tertiary/aromatic N) is 1. The van der Waals surface area contributed by atoms with Crippen molar-refractivity contribution in [3.63, 3.8) is 0 Å². The summed E-state index contributed by atoms with van der Waals surface area (Å²) in [5.74, 6) is 0.927. The van der Waals surface area contributed by atoms with Crippen LogP contribution < -0.4 is 4.74 Å². The monoisotopic (exact) mass is 329 g/mol. The van der Waals surface area contributed by atoms with E-state index in [4.69, 9.17) is 9.84 Å². The van der Waals surface area contributed by atoms with Crippen molar-refractivity contribution >= 4 is 15.9 Å². The summed E-state index contributed by atoms with van der Waals surface area (Å²) in [5.41, 5.74) is 1.21. The molecule has 1 N–H and O–H groups in total. The van der Waals surface area contributed by atoms with Gasteiger partial charge in [0, 0.05) is 23.2 Å². The lowest BCUT2D eigenvalue weighted by molar-refractivity contribution is 0.117. The predicted molar refractivity (Wildman–Crippen MR) is 82.8 cm³/mol. The van der Waals surface area contributed by atoms with E-state index in [1.807, 2.05) is 12.1 Å². The van der Waals surface area contributed by atoms with E-state index >= 15 is 0 Å². The first-order valence-electron chi connectivity index (χ1n) is 6.55. The van der Waals surface area contributed by atoms with Crippen LogP contribution in [0.5, 0.6) is 5.75 Å². The van der Waals surface area contributed by atoms with Crippen molar-refractivity contribution in [1.82, 2.24) is 4.90 Å². The van der Waals surface area contributed by atoms with E-state index in [1.165, 1.54) is 5.56 Å². The molecule has 3 nitrogen and oxygen atoms in total. The first-order chi connectivity index (χ1) is 8.90. The minimum absolute atomic E-state index is 0.00793. The number of methoxy groups -OCH3 is 1. The number of benzene rings is 1.